The van der Waals surface area contributed by atoms with Gasteiger partial charge in [-0.2, -0.15) is 17.5 Å². The van der Waals surface area contributed by atoms with Crippen LogP contribution in [0.3, 0.4) is 0 Å². The number of hydrogen-bond donors (Lipinski definition) is 1. The molecule has 31 heavy (non-hydrogen) atoms. The summed E-state index contributed by atoms with van der Waals surface area (Å²) in [5.41, 5.74) is 0.224. The van der Waals surface area contributed by atoms with E-state index in [0.29, 0.717) is 0 Å². The van der Waals surface area contributed by atoms with E-state index in [0.717, 1.165) is 0 Å². The van der Waals surface area contributed by atoms with Crippen LogP contribution in [-0.4, -0.2) is 51.6 Å². The predicted molar refractivity (Wildman–Crippen MR) is 109 cm³/mol. The van der Waals surface area contributed by atoms with Crippen LogP contribution in [0.1, 0.15) is 24.2 Å². The Morgan fingerprint density at radius 3 is 2.35 bits per heavy atom. The molecule has 170 valence electrons. The van der Waals surface area contributed by atoms with Crippen molar-refractivity contribution in [1.82, 2.24) is 4.31 Å². The molecule has 0 aliphatic rings. The second-order valence-electron chi connectivity index (χ2n) is 6.34. The van der Waals surface area contributed by atoms with Gasteiger partial charge in [0, 0.05) is 30.4 Å². The molecular formula is C20H23F3N2O5S. The van der Waals surface area contributed by atoms with Gasteiger partial charge in [-0.25, -0.2) is 8.42 Å². The normalized spacial score (nSPS) is 12.0. The number of halogens is 3. The van der Waals surface area contributed by atoms with E-state index in [1.807, 2.05) is 0 Å². The minimum absolute atomic E-state index is 0.0353. The molecule has 1 amide bonds. The smallest absolute Gasteiger partial charge is 0.422 e. The largest absolute Gasteiger partial charge is 0.495 e. The van der Waals surface area contributed by atoms with Crippen LogP contribution < -0.4 is 14.8 Å². The summed E-state index contributed by atoms with van der Waals surface area (Å²) in [4.78, 5) is 12.5. The summed E-state index contributed by atoms with van der Waals surface area (Å²) in [6, 6.07) is 9.41. The average molecular weight is 460 g/mol. The van der Waals surface area contributed by atoms with Gasteiger partial charge in [-0.1, -0.05) is 19.9 Å². The lowest BCUT2D eigenvalue weighted by atomic mass is 10.2. The molecule has 2 rings (SSSR count). The van der Waals surface area contributed by atoms with Crippen LogP contribution in [0.25, 0.3) is 0 Å². The van der Waals surface area contributed by atoms with E-state index in [9.17, 15) is 26.4 Å². The number of amides is 1. The number of rotatable bonds is 9. The molecule has 0 saturated heterocycles. The molecular weight excluding hydrogens is 437 g/mol. The molecule has 0 aromatic heterocycles. The maximum absolute atomic E-state index is 12.9. The summed E-state index contributed by atoms with van der Waals surface area (Å²) < 4.78 is 73.8. The molecule has 7 nitrogen and oxygen atoms in total. The molecule has 0 fully saturated rings. The van der Waals surface area contributed by atoms with E-state index in [1.54, 1.807) is 13.8 Å². The number of nitrogens with one attached hydrogen (secondary N) is 1. The molecule has 0 spiro atoms. The average Bonchev–Trinajstić information content (AvgIpc) is 2.72. The minimum atomic E-state index is -4.49. The van der Waals surface area contributed by atoms with Crippen molar-refractivity contribution in [3.05, 3.63) is 48.0 Å². The van der Waals surface area contributed by atoms with Crippen LogP contribution in [0.2, 0.25) is 0 Å². The summed E-state index contributed by atoms with van der Waals surface area (Å²) in [7, 11) is -2.58. The minimum Gasteiger partial charge on any atom is -0.495 e. The quantitative estimate of drug-likeness (QED) is 0.613. The van der Waals surface area contributed by atoms with Gasteiger partial charge in [0.25, 0.3) is 5.91 Å². The van der Waals surface area contributed by atoms with Crippen LogP contribution in [-0.2, 0) is 10.0 Å². The summed E-state index contributed by atoms with van der Waals surface area (Å²) in [5.74, 6) is -0.632. The number of nitrogens with zero attached hydrogens (tertiary/aromatic N) is 1. The van der Waals surface area contributed by atoms with Crippen LogP contribution in [0.4, 0.5) is 18.9 Å². The maximum atomic E-state index is 12.9. The number of ether oxygens (including phenoxy) is 2. The lowest BCUT2D eigenvalue weighted by Crippen LogP contribution is -2.31. The van der Waals surface area contributed by atoms with Crippen molar-refractivity contribution in [2.24, 2.45) is 0 Å². The van der Waals surface area contributed by atoms with E-state index >= 15 is 0 Å². The van der Waals surface area contributed by atoms with Gasteiger partial charge in [0.1, 0.15) is 16.4 Å². The molecule has 0 bridgehead atoms. The van der Waals surface area contributed by atoms with Crippen molar-refractivity contribution in [3.63, 3.8) is 0 Å². The Bertz CT molecular complexity index is 1020. The lowest BCUT2D eigenvalue weighted by Gasteiger charge is -2.20. The number of anilines is 1. The molecule has 2 aromatic carbocycles. The second-order valence-corrected chi connectivity index (χ2v) is 8.25. The third kappa shape index (κ3) is 6.34. The highest BCUT2D eigenvalue weighted by Gasteiger charge is 2.29. The number of hydrogen-bond acceptors (Lipinski definition) is 5. The topological polar surface area (TPSA) is 84.9 Å². The number of methoxy groups -OCH3 is 1. The van der Waals surface area contributed by atoms with Gasteiger partial charge in [-0.15, -0.1) is 0 Å². The zero-order valence-electron chi connectivity index (χ0n) is 17.2. The van der Waals surface area contributed by atoms with Crippen molar-refractivity contribution in [3.8, 4) is 11.5 Å². The van der Waals surface area contributed by atoms with Crippen LogP contribution in [0.15, 0.2) is 47.4 Å². The van der Waals surface area contributed by atoms with E-state index in [-0.39, 0.29) is 40.7 Å². The van der Waals surface area contributed by atoms with Crippen molar-refractivity contribution in [2.45, 2.75) is 24.9 Å². The predicted octanol–water partition coefficient (Wildman–Crippen LogP) is 3.92. The highest BCUT2D eigenvalue weighted by Crippen LogP contribution is 2.28. The molecule has 0 radical (unpaired) electrons. The highest BCUT2D eigenvalue weighted by atomic mass is 32.2. The summed E-state index contributed by atoms with van der Waals surface area (Å²) in [6.07, 6.45) is -4.49. The molecule has 0 atom stereocenters. The van der Waals surface area contributed by atoms with Crippen molar-refractivity contribution < 1.29 is 35.9 Å². The molecule has 0 aliphatic heterocycles. The fourth-order valence-corrected chi connectivity index (χ4v) is 4.39. The highest BCUT2D eigenvalue weighted by molar-refractivity contribution is 7.89. The Labute approximate surface area is 178 Å². The van der Waals surface area contributed by atoms with Gasteiger partial charge in [0.2, 0.25) is 10.0 Å². The summed E-state index contributed by atoms with van der Waals surface area (Å²) in [5, 5.41) is 2.52. The first kappa shape index (κ1) is 24.5. The Morgan fingerprint density at radius 1 is 1.10 bits per heavy atom. The molecule has 1 N–H and O–H groups in total. The van der Waals surface area contributed by atoms with Crippen LogP contribution in [0, 0.1) is 0 Å². The van der Waals surface area contributed by atoms with Crippen molar-refractivity contribution >= 4 is 21.6 Å². The zero-order valence-corrected chi connectivity index (χ0v) is 18.0. The van der Waals surface area contributed by atoms with Gasteiger partial charge in [0.05, 0.1) is 7.11 Å². The Hall–Kier alpha value is -2.79. The van der Waals surface area contributed by atoms with Gasteiger partial charge < -0.3 is 14.8 Å². The van der Waals surface area contributed by atoms with E-state index in [1.165, 1.54) is 53.9 Å². The number of carbonyl (C=O) groups excluding carboxylic acids is 1. The van der Waals surface area contributed by atoms with Crippen molar-refractivity contribution in [2.75, 3.05) is 32.1 Å². The molecule has 0 aliphatic carbocycles. The molecule has 11 heteroatoms. The maximum Gasteiger partial charge on any atom is 0.422 e. The lowest BCUT2D eigenvalue weighted by molar-refractivity contribution is -0.153. The monoisotopic (exact) mass is 460 g/mol. The van der Waals surface area contributed by atoms with Gasteiger partial charge in [0.15, 0.2) is 6.61 Å². The molecule has 2 aromatic rings. The van der Waals surface area contributed by atoms with Gasteiger partial charge in [-0.3, -0.25) is 4.79 Å². The molecule has 0 saturated carbocycles. The Kier molecular flexibility index (Phi) is 7.91. The standard InChI is InChI=1S/C20H23F3N2O5S/c1-4-25(5-2)31(27,28)18-11-14(9-10-17(18)29-3)19(26)24-15-7-6-8-16(12-15)30-13-20(21,22)23/h6-12H,4-5,13H2,1-3H3,(H,24,26). The third-order valence-electron chi connectivity index (χ3n) is 4.24. The first-order valence-electron chi connectivity index (χ1n) is 9.31. The SMILES string of the molecule is CCN(CC)S(=O)(=O)c1cc(C(=O)Nc2cccc(OCC(F)(F)F)c2)ccc1OC. The summed E-state index contributed by atoms with van der Waals surface area (Å²) in [6.45, 7) is 2.40. The second kappa shape index (κ2) is 10.0. The van der Waals surface area contributed by atoms with Crippen molar-refractivity contribution in [1.29, 1.82) is 0 Å². The van der Waals surface area contributed by atoms with E-state index in [2.05, 4.69) is 10.1 Å². The molecule has 0 heterocycles. The van der Waals surface area contributed by atoms with E-state index < -0.39 is 28.7 Å². The van der Waals surface area contributed by atoms with Crippen LogP contribution in [0.5, 0.6) is 11.5 Å². The Balaban J connectivity index is 2.29. The fourth-order valence-electron chi connectivity index (χ4n) is 2.75. The fraction of sp³-hybridized carbons (Fsp3) is 0.350. The third-order valence-corrected chi connectivity index (χ3v) is 6.31. The van der Waals surface area contributed by atoms with E-state index in [4.69, 9.17) is 4.74 Å². The number of carbonyl (C=O) groups is 1. The number of alkyl halides is 3. The first-order valence-corrected chi connectivity index (χ1v) is 10.7. The first-order chi connectivity index (χ1) is 14.5. The van der Waals surface area contributed by atoms with Gasteiger partial charge in [-0.05, 0) is 30.3 Å². The number of sulfonamides is 1. The van der Waals surface area contributed by atoms with Gasteiger partial charge >= 0.3 is 6.18 Å². The Morgan fingerprint density at radius 2 is 1.77 bits per heavy atom. The molecule has 0 unspecified atom stereocenters. The zero-order chi connectivity index (χ0) is 23.2. The summed E-state index contributed by atoms with van der Waals surface area (Å²) >= 11 is 0. The number of benzene rings is 2. The van der Waals surface area contributed by atoms with Crippen LogP contribution >= 0.6 is 0 Å².